The minimum Gasteiger partial charge on any atom is -0.399 e. The second-order valence-electron chi connectivity index (χ2n) is 7.11. The van der Waals surface area contributed by atoms with Gasteiger partial charge in [0, 0.05) is 37.9 Å². The standard InChI is InChI=1S/C18H29FN4/c19-17-13-16(21)5-6-18(17)23-11-9-22(10-12-23)8-7-14-1-3-15(20)4-2-14/h5-6,13-15H,1-4,7-12,20-21H2. The summed E-state index contributed by atoms with van der Waals surface area (Å²) >= 11 is 0. The molecule has 4 N–H and O–H groups in total. The lowest BCUT2D eigenvalue weighted by Gasteiger charge is -2.37. The van der Waals surface area contributed by atoms with Gasteiger partial charge in [0.25, 0.3) is 0 Å². The van der Waals surface area contributed by atoms with E-state index in [1.54, 1.807) is 12.1 Å². The summed E-state index contributed by atoms with van der Waals surface area (Å²) in [5.41, 5.74) is 12.8. The smallest absolute Gasteiger partial charge is 0.148 e. The fourth-order valence-corrected chi connectivity index (χ4v) is 3.83. The highest BCUT2D eigenvalue weighted by Gasteiger charge is 2.22. The molecule has 0 unspecified atom stereocenters. The topological polar surface area (TPSA) is 58.5 Å². The van der Waals surface area contributed by atoms with Crippen molar-refractivity contribution in [1.82, 2.24) is 4.90 Å². The number of hydrogen-bond acceptors (Lipinski definition) is 4. The fourth-order valence-electron chi connectivity index (χ4n) is 3.83. The van der Waals surface area contributed by atoms with E-state index in [-0.39, 0.29) is 5.82 Å². The van der Waals surface area contributed by atoms with Crippen LogP contribution in [-0.2, 0) is 0 Å². The molecule has 0 bridgehead atoms. The predicted molar refractivity (Wildman–Crippen MR) is 94.0 cm³/mol. The van der Waals surface area contributed by atoms with Gasteiger partial charge in [-0.25, -0.2) is 4.39 Å². The number of nitrogens with two attached hydrogens (primary N) is 2. The lowest BCUT2D eigenvalue weighted by molar-refractivity contribution is 0.216. The van der Waals surface area contributed by atoms with Crippen molar-refractivity contribution in [3.05, 3.63) is 24.0 Å². The van der Waals surface area contributed by atoms with Crippen molar-refractivity contribution in [3.8, 4) is 0 Å². The number of anilines is 2. The number of benzene rings is 1. The van der Waals surface area contributed by atoms with Gasteiger partial charge >= 0.3 is 0 Å². The van der Waals surface area contributed by atoms with Crippen LogP contribution in [0.5, 0.6) is 0 Å². The lowest BCUT2D eigenvalue weighted by Crippen LogP contribution is -2.47. The third kappa shape index (κ3) is 4.36. The summed E-state index contributed by atoms with van der Waals surface area (Å²) in [6, 6.07) is 5.42. The zero-order valence-corrected chi connectivity index (χ0v) is 13.9. The Hall–Kier alpha value is -1.33. The van der Waals surface area contributed by atoms with Crippen molar-refractivity contribution < 1.29 is 4.39 Å². The van der Waals surface area contributed by atoms with Gasteiger partial charge in [0.05, 0.1) is 5.69 Å². The van der Waals surface area contributed by atoms with Gasteiger partial charge in [0.1, 0.15) is 5.82 Å². The largest absolute Gasteiger partial charge is 0.399 e. The second-order valence-corrected chi connectivity index (χ2v) is 7.11. The van der Waals surface area contributed by atoms with Crippen LogP contribution in [0.1, 0.15) is 32.1 Å². The van der Waals surface area contributed by atoms with Gasteiger partial charge in [-0.05, 0) is 62.8 Å². The normalized spacial score (nSPS) is 26.4. The molecule has 2 aliphatic rings. The molecule has 5 heteroatoms. The summed E-state index contributed by atoms with van der Waals surface area (Å²) < 4.78 is 14.0. The first-order valence-electron chi connectivity index (χ1n) is 8.90. The summed E-state index contributed by atoms with van der Waals surface area (Å²) in [5, 5.41) is 0. The van der Waals surface area contributed by atoms with Crippen LogP contribution in [0.4, 0.5) is 15.8 Å². The van der Waals surface area contributed by atoms with Crippen molar-refractivity contribution in [2.75, 3.05) is 43.4 Å². The van der Waals surface area contributed by atoms with Gasteiger partial charge < -0.3 is 16.4 Å². The van der Waals surface area contributed by atoms with E-state index in [2.05, 4.69) is 9.80 Å². The minimum atomic E-state index is -0.211. The number of piperazine rings is 1. The average molecular weight is 320 g/mol. The highest BCUT2D eigenvalue weighted by molar-refractivity contribution is 5.54. The van der Waals surface area contributed by atoms with Crippen LogP contribution in [0, 0.1) is 11.7 Å². The Balaban J connectivity index is 1.43. The van der Waals surface area contributed by atoms with Crippen LogP contribution in [0.25, 0.3) is 0 Å². The molecule has 23 heavy (non-hydrogen) atoms. The molecule has 0 radical (unpaired) electrons. The number of rotatable bonds is 4. The van der Waals surface area contributed by atoms with Crippen LogP contribution in [0.2, 0.25) is 0 Å². The maximum atomic E-state index is 14.0. The average Bonchev–Trinajstić information content (AvgIpc) is 2.55. The summed E-state index contributed by atoms with van der Waals surface area (Å²) in [6.45, 7) is 4.96. The first-order valence-corrected chi connectivity index (χ1v) is 8.90. The Morgan fingerprint density at radius 3 is 2.39 bits per heavy atom. The van der Waals surface area contributed by atoms with Crippen LogP contribution >= 0.6 is 0 Å². The first kappa shape index (κ1) is 16.5. The molecule has 1 aromatic rings. The number of hydrogen-bond donors (Lipinski definition) is 2. The van der Waals surface area contributed by atoms with Crippen molar-refractivity contribution in [2.45, 2.75) is 38.1 Å². The van der Waals surface area contributed by atoms with Gasteiger partial charge in [-0.1, -0.05) is 0 Å². The first-order chi connectivity index (χ1) is 11.1. The molecule has 1 aromatic carbocycles. The van der Waals surface area contributed by atoms with Gasteiger partial charge in [-0.2, -0.15) is 0 Å². The van der Waals surface area contributed by atoms with Crippen LogP contribution in [-0.4, -0.2) is 43.7 Å². The second kappa shape index (κ2) is 7.49. The van der Waals surface area contributed by atoms with E-state index < -0.39 is 0 Å². The van der Waals surface area contributed by atoms with E-state index in [1.807, 2.05) is 0 Å². The number of nitrogen functional groups attached to an aromatic ring is 1. The maximum Gasteiger partial charge on any atom is 0.148 e. The van der Waals surface area contributed by atoms with Crippen LogP contribution < -0.4 is 16.4 Å². The zero-order valence-electron chi connectivity index (χ0n) is 13.9. The number of nitrogens with zero attached hydrogens (tertiary/aromatic N) is 2. The quantitative estimate of drug-likeness (QED) is 0.837. The van der Waals surface area contributed by atoms with Crippen LogP contribution in [0.15, 0.2) is 18.2 Å². The SMILES string of the molecule is Nc1ccc(N2CCN(CCC3CCC(N)CC3)CC2)c(F)c1. The summed E-state index contributed by atoms with van der Waals surface area (Å²) in [6.07, 6.45) is 6.24. The Morgan fingerprint density at radius 1 is 1.04 bits per heavy atom. The Labute approximate surface area is 138 Å². The highest BCUT2D eigenvalue weighted by atomic mass is 19.1. The molecular formula is C18H29FN4. The molecule has 1 saturated carbocycles. The van der Waals surface area contributed by atoms with E-state index in [0.29, 0.717) is 17.4 Å². The Morgan fingerprint density at radius 2 is 1.74 bits per heavy atom. The number of halogens is 1. The molecule has 1 heterocycles. The van der Waals surface area contributed by atoms with Gasteiger partial charge in [-0.3, -0.25) is 4.90 Å². The summed E-state index contributed by atoms with van der Waals surface area (Å²) in [5.74, 6) is 0.638. The molecule has 1 aliphatic heterocycles. The summed E-state index contributed by atoms with van der Waals surface area (Å²) in [4.78, 5) is 4.64. The molecule has 1 saturated heterocycles. The van der Waals surface area contributed by atoms with Crippen molar-refractivity contribution in [1.29, 1.82) is 0 Å². The minimum absolute atomic E-state index is 0.211. The molecule has 1 aliphatic carbocycles. The fraction of sp³-hybridized carbons (Fsp3) is 0.667. The van der Waals surface area contributed by atoms with Gasteiger partial charge in [0.2, 0.25) is 0 Å². The van der Waals surface area contributed by atoms with E-state index in [9.17, 15) is 4.39 Å². The van der Waals surface area contributed by atoms with E-state index in [4.69, 9.17) is 11.5 Å². The third-order valence-corrected chi connectivity index (χ3v) is 5.43. The monoisotopic (exact) mass is 320 g/mol. The summed E-state index contributed by atoms with van der Waals surface area (Å²) in [7, 11) is 0. The molecule has 0 spiro atoms. The highest BCUT2D eigenvalue weighted by Crippen LogP contribution is 2.27. The molecular weight excluding hydrogens is 291 g/mol. The molecule has 0 amide bonds. The molecule has 3 rings (SSSR count). The molecule has 2 fully saturated rings. The lowest BCUT2D eigenvalue weighted by atomic mass is 9.84. The predicted octanol–water partition coefficient (Wildman–Crippen LogP) is 2.44. The Kier molecular flexibility index (Phi) is 5.38. The van der Waals surface area contributed by atoms with Crippen LogP contribution in [0.3, 0.4) is 0 Å². The molecule has 0 aromatic heterocycles. The van der Waals surface area contributed by atoms with E-state index >= 15 is 0 Å². The zero-order chi connectivity index (χ0) is 16.2. The van der Waals surface area contributed by atoms with Gasteiger partial charge in [-0.15, -0.1) is 0 Å². The van der Waals surface area contributed by atoms with Crippen molar-refractivity contribution in [3.63, 3.8) is 0 Å². The molecule has 0 atom stereocenters. The third-order valence-electron chi connectivity index (χ3n) is 5.43. The van der Waals surface area contributed by atoms with Crippen molar-refractivity contribution in [2.24, 2.45) is 11.7 Å². The molecule has 128 valence electrons. The molecule has 4 nitrogen and oxygen atoms in total. The Bertz CT molecular complexity index is 506. The van der Waals surface area contributed by atoms with Crippen molar-refractivity contribution >= 4 is 11.4 Å². The maximum absolute atomic E-state index is 14.0. The van der Waals surface area contributed by atoms with E-state index in [0.717, 1.165) is 38.6 Å². The van der Waals surface area contributed by atoms with Gasteiger partial charge in [0.15, 0.2) is 0 Å². The van der Waals surface area contributed by atoms with E-state index in [1.165, 1.54) is 38.2 Å².